The molecule has 3 N–H and O–H groups in total. The summed E-state index contributed by atoms with van der Waals surface area (Å²) in [6.45, 7) is 5.85. The summed E-state index contributed by atoms with van der Waals surface area (Å²) in [4.78, 5) is 18.3. The number of pyridine rings is 1. The first kappa shape index (κ1) is 40.2. The van der Waals surface area contributed by atoms with Gasteiger partial charge in [-0.2, -0.15) is 5.26 Å². The van der Waals surface area contributed by atoms with Gasteiger partial charge in [-0.3, -0.25) is 15.1 Å². The van der Waals surface area contributed by atoms with E-state index in [1.54, 1.807) is 24.4 Å². The van der Waals surface area contributed by atoms with E-state index in [9.17, 15) is 24.7 Å². The summed E-state index contributed by atoms with van der Waals surface area (Å²) < 4.78 is 32.5. The second-order valence-corrected chi connectivity index (χ2v) is 15.3. The highest BCUT2D eigenvalue weighted by molar-refractivity contribution is 6.35. The number of halogens is 3. The molecule has 55 heavy (non-hydrogen) atoms. The topological polar surface area (TPSA) is 137 Å². The summed E-state index contributed by atoms with van der Waals surface area (Å²) in [5.74, 6) is 0.176. The van der Waals surface area contributed by atoms with Gasteiger partial charge in [-0.1, -0.05) is 53.5 Å². The highest BCUT2D eigenvalue weighted by Crippen LogP contribution is 2.45. The number of carbonyl (C=O) groups is 1. The lowest BCUT2D eigenvalue weighted by Crippen LogP contribution is -2.51. The molecule has 6 rings (SSSR count). The fourth-order valence-corrected chi connectivity index (χ4v) is 7.66. The molecular formula is C42H45Cl2FN4O6. The number of ether oxygens (including phenoxy) is 3. The Bertz CT molecular complexity index is 2030. The molecule has 0 saturated carbocycles. The van der Waals surface area contributed by atoms with Crippen molar-refractivity contribution in [3.05, 3.63) is 105 Å². The molecule has 1 aliphatic carbocycles. The van der Waals surface area contributed by atoms with Crippen LogP contribution in [0.5, 0.6) is 17.2 Å². The van der Waals surface area contributed by atoms with Gasteiger partial charge in [0.1, 0.15) is 48.2 Å². The average Bonchev–Trinajstić information content (AvgIpc) is 3.57. The van der Waals surface area contributed by atoms with E-state index in [1.165, 1.54) is 20.0 Å². The number of alkyl halides is 1. The van der Waals surface area contributed by atoms with Crippen LogP contribution in [0.4, 0.5) is 4.39 Å². The number of aromatic nitrogens is 1. The standard InChI is InChI=1S/C42H45Cl2FN4O6/c1-42(2,52)40(41(50)51)48-24-28-19-34(43)38(20-37(28)54-25-27-18-26(21-46)22-47-23-27)55-35-11-10-31-30(6-3-7-32(31)35)33-8-4-9-36(39(33)44)53-17-5-14-49-15-12-29(45)13-16-49/h3-4,6-9,18-20,22-23,29,35,40,48,52H,5,10-17,24-25H2,1-2H3,(H,50,51)/t35-,40?/m0/s1. The number of rotatable bonds is 16. The van der Waals surface area contributed by atoms with Crippen LogP contribution in [0.3, 0.4) is 0 Å². The van der Waals surface area contributed by atoms with Gasteiger partial charge < -0.3 is 29.3 Å². The molecule has 10 nitrogen and oxygen atoms in total. The lowest BCUT2D eigenvalue weighted by atomic mass is 9.96. The zero-order chi connectivity index (χ0) is 39.1. The van der Waals surface area contributed by atoms with Gasteiger partial charge in [-0.05, 0) is 80.8 Å². The van der Waals surface area contributed by atoms with Crippen molar-refractivity contribution < 1.29 is 33.6 Å². The highest BCUT2D eigenvalue weighted by Gasteiger charge is 2.33. The van der Waals surface area contributed by atoms with Crippen LogP contribution in [0.15, 0.2) is 67.0 Å². The van der Waals surface area contributed by atoms with Gasteiger partial charge in [0.2, 0.25) is 0 Å². The fourth-order valence-electron chi connectivity index (χ4n) is 7.15. The molecule has 2 aliphatic rings. The monoisotopic (exact) mass is 790 g/mol. The predicted molar refractivity (Wildman–Crippen MR) is 209 cm³/mol. The molecular weight excluding hydrogens is 746 g/mol. The number of carboxylic acid groups (broad SMARTS) is 1. The SMILES string of the molecule is CC(C)(O)C(NCc1cc(Cl)c(O[C@H]2CCc3c(-c4cccc(OCCCN5CCC(F)CC5)c4Cl)cccc32)cc1OCc1cncc(C#N)c1)C(=O)O. The largest absolute Gasteiger partial charge is 0.492 e. The van der Waals surface area contributed by atoms with Crippen LogP contribution in [-0.2, 0) is 24.4 Å². The first-order valence-electron chi connectivity index (χ1n) is 18.5. The quantitative estimate of drug-likeness (QED) is 0.0956. The molecule has 1 aliphatic heterocycles. The van der Waals surface area contributed by atoms with E-state index >= 15 is 0 Å². The number of aliphatic carboxylic acids is 1. The lowest BCUT2D eigenvalue weighted by Gasteiger charge is -2.28. The lowest BCUT2D eigenvalue weighted by molar-refractivity contribution is -0.145. The van der Waals surface area contributed by atoms with E-state index in [2.05, 4.69) is 27.3 Å². The normalized spacial score (nSPS) is 16.6. The Kier molecular flexibility index (Phi) is 13.2. The van der Waals surface area contributed by atoms with Crippen molar-refractivity contribution in [3.63, 3.8) is 0 Å². The predicted octanol–water partition coefficient (Wildman–Crippen LogP) is 8.09. The molecule has 1 aromatic heterocycles. The summed E-state index contributed by atoms with van der Waals surface area (Å²) in [6, 6.07) is 17.7. The zero-order valence-electron chi connectivity index (χ0n) is 30.9. The summed E-state index contributed by atoms with van der Waals surface area (Å²) in [7, 11) is 0. The van der Waals surface area contributed by atoms with Crippen LogP contribution in [-0.4, -0.2) is 70.1 Å². The first-order valence-corrected chi connectivity index (χ1v) is 19.2. The molecule has 4 aromatic rings. The number of aliphatic hydroxyl groups is 1. The van der Waals surface area contributed by atoms with Crippen molar-refractivity contribution in [2.45, 2.75) is 83.0 Å². The van der Waals surface area contributed by atoms with Crippen LogP contribution < -0.4 is 19.5 Å². The van der Waals surface area contributed by atoms with Gasteiger partial charge in [0, 0.05) is 61.3 Å². The molecule has 13 heteroatoms. The Hall–Kier alpha value is -4.44. The minimum absolute atomic E-state index is 0.0191. The second kappa shape index (κ2) is 18.0. The summed E-state index contributed by atoms with van der Waals surface area (Å²) in [5, 5.41) is 33.3. The summed E-state index contributed by atoms with van der Waals surface area (Å²) in [5.41, 5.74) is 4.04. The van der Waals surface area contributed by atoms with Crippen LogP contribution in [0.25, 0.3) is 11.1 Å². The van der Waals surface area contributed by atoms with Crippen LogP contribution in [0, 0.1) is 11.3 Å². The molecule has 1 unspecified atom stereocenters. The van der Waals surface area contributed by atoms with Gasteiger partial charge in [-0.25, -0.2) is 4.39 Å². The molecule has 0 amide bonds. The number of benzene rings is 3. The molecule has 2 heterocycles. The van der Waals surface area contributed by atoms with Crippen molar-refractivity contribution in [2.75, 3.05) is 26.2 Å². The Balaban J connectivity index is 1.20. The third-order valence-corrected chi connectivity index (χ3v) is 10.7. The fraction of sp³-hybridized carbons (Fsp3) is 0.405. The molecule has 290 valence electrons. The number of piperidine rings is 1. The Morgan fingerprint density at radius 2 is 1.82 bits per heavy atom. The van der Waals surface area contributed by atoms with Crippen LogP contribution in [0.1, 0.15) is 73.5 Å². The summed E-state index contributed by atoms with van der Waals surface area (Å²) >= 11 is 13.8. The second-order valence-electron chi connectivity index (χ2n) is 14.5. The zero-order valence-corrected chi connectivity index (χ0v) is 32.4. The first-order chi connectivity index (χ1) is 26.4. The van der Waals surface area contributed by atoms with Crippen LogP contribution >= 0.6 is 23.2 Å². The number of nitrogens with one attached hydrogen (secondary N) is 1. The minimum Gasteiger partial charge on any atom is -0.492 e. The number of hydrogen-bond acceptors (Lipinski definition) is 9. The number of nitrogens with zero attached hydrogens (tertiary/aromatic N) is 3. The van der Waals surface area contributed by atoms with Crippen molar-refractivity contribution in [1.29, 1.82) is 5.26 Å². The van der Waals surface area contributed by atoms with Gasteiger partial charge in [0.05, 0.1) is 27.8 Å². The van der Waals surface area contributed by atoms with Crippen molar-refractivity contribution in [2.24, 2.45) is 0 Å². The van der Waals surface area contributed by atoms with E-state index in [-0.39, 0.29) is 19.3 Å². The van der Waals surface area contributed by atoms with E-state index in [0.717, 1.165) is 54.7 Å². The van der Waals surface area contributed by atoms with E-state index in [1.807, 2.05) is 30.3 Å². The molecule has 2 atom stereocenters. The maximum Gasteiger partial charge on any atom is 0.323 e. The van der Waals surface area contributed by atoms with Crippen LogP contribution in [0.2, 0.25) is 10.0 Å². The van der Waals surface area contributed by atoms with Crippen molar-refractivity contribution in [1.82, 2.24) is 15.2 Å². The number of carboxylic acids is 1. The molecule has 1 fully saturated rings. The highest BCUT2D eigenvalue weighted by atomic mass is 35.5. The Morgan fingerprint density at radius 3 is 2.56 bits per heavy atom. The van der Waals surface area contributed by atoms with E-state index in [4.69, 9.17) is 37.4 Å². The maximum absolute atomic E-state index is 13.5. The molecule has 0 radical (unpaired) electrons. The van der Waals surface area contributed by atoms with E-state index in [0.29, 0.717) is 69.9 Å². The van der Waals surface area contributed by atoms with Gasteiger partial charge >= 0.3 is 5.97 Å². The number of hydrogen-bond donors (Lipinski definition) is 3. The van der Waals surface area contributed by atoms with E-state index < -0.39 is 23.8 Å². The van der Waals surface area contributed by atoms with Gasteiger partial charge in [-0.15, -0.1) is 0 Å². The third kappa shape index (κ3) is 10.1. The smallest absolute Gasteiger partial charge is 0.323 e. The maximum atomic E-state index is 13.5. The van der Waals surface area contributed by atoms with Gasteiger partial charge in [0.25, 0.3) is 0 Å². The molecule has 0 spiro atoms. The average molecular weight is 792 g/mol. The number of likely N-dealkylation sites (tertiary alicyclic amines) is 1. The Morgan fingerprint density at radius 1 is 1.05 bits per heavy atom. The van der Waals surface area contributed by atoms with Crippen molar-refractivity contribution in [3.8, 4) is 34.4 Å². The minimum atomic E-state index is -1.55. The number of nitriles is 1. The molecule has 0 bridgehead atoms. The third-order valence-electron chi connectivity index (χ3n) is 10.0. The Labute approximate surface area is 330 Å². The molecule has 1 saturated heterocycles. The number of fused-ring (bicyclic) bond motifs is 1. The van der Waals surface area contributed by atoms with Gasteiger partial charge in [0.15, 0.2) is 0 Å². The summed E-state index contributed by atoms with van der Waals surface area (Å²) in [6.07, 6.45) is 5.48. The molecule has 3 aromatic carbocycles. The van der Waals surface area contributed by atoms with Crippen molar-refractivity contribution >= 4 is 29.2 Å².